The zero-order valence-electron chi connectivity index (χ0n) is 21.2. The highest BCUT2D eigenvalue weighted by Gasteiger charge is 2.51. The van der Waals surface area contributed by atoms with E-state index in [1.54, 1.807) is 0 Å². The van der Waals surface area contributed by atoms with E-state index in [2.05, 4.69) is 9.50 Å². The Labute approximate surface area is 227 Å². The first kappa shape index (κ1) is 34.7. The molecule has 14 atom stereocenters. The van der Waals surface area contributed by atoms with Crippen LogP contribution in [0.5, 0.6) is 0 Å². The van der Waals surface area contributed by atoms with Crippen LogP contribution >= 0.6 is 0 Å². The lowest BCUT2D eigenvalue weighted by atomic mass is 9.97. The zero-order chi connectivity index (χ0) is 30.5. The summed E-state index contributed by atoms with van der Waals surface area (Å²) in [6.45, 7) is 0.171. The second-order valence-corrected chi connectivity index (χ2v) is 10.2. The Morgan fingerprint density at radius 3 is 2.02 bits per heavy atom. The molecular weight excluding hydrogens is 574 g/mol. The maximum atomic E-state index is 12.0. The largest absolute Gasteiger partial charge is 0.397 e. The third-order valence-corrected chi connectivity index (χ3v) is 6.67. The van der Waals surface area contributed by atoms with Gasteiger partial charge in [0.25, 0.3) is 0 Å². The van der Waals surface area contributed by atoms with Gasteiger partial charge in [-0.25, -0.2) is 4.18 Å². The number of amides is 1. The monoisotopic (exact) mass is 609 g/mol. The molecule has 2 saturated heterocycles. The highest BCUT2D eigenvalue weighted by atomic mass is 32.3. The number of aldehydes is 1. The van der Waals surface area contributed by atoms with Crippen LogP contribution in [0.15, 0.2) is 0 Å². The number of carbonyl (C=O) groups is 2. The lowest BCUT2D eigenvalue weighted by Crippen LogP contribution is -2.65. The van der Waals surface area contributed by atoms with Crippen LogP contribution in [0.2, 0.25) is 0 Å². The first-order chi connectivity index (χ1) is 18.6. The average molecular weight is 610 g/mol. The predicted octanol–water partition coefficient (Wildman–Crippen LogP) is -6.73. The van der Waals surface area contributed by atoms with Crippen LogP contribution in [-0.4, -0.2) is 165 Å². The maximum absolute atomic E-state index is 12.0. The molecule has 0 unspecified atom stereocenters. The van der Waals surface area contributed by atoms with Gasteiger partial charge < -0.3 is 69.9 Å². The Morgan fingerprint density at radius 1 is 0.950 bits per heavy atom. The highest BCUT2D eigenvalue weighted by molar-refractivity contribution is 7.80. The molecule has 1 amide bonds. The van der Waals surface area contributed by atoms with E-state index in [1.165, 1.54) is 6.92 Å². The molecule has 0 saturated carbocycles. The van der Waals surface area contributed by atoms with Gasteiger partial charge in [0.1, 0.15) is 73.4 Å². The van der Waals surface area contributed by atoms with Gasteiger partial charge >= 0.3 is 10.4 Å². The lowest BCUT2D eigenvalue weighted by Gasteiger charge is -2.45. The molecule has 2 heterocycles. The van der Waals surface area contributed by atoms with E-state index in [9.17, 15) is 58.9 Å². The molecular formula is C20H35NO18S. The summed E-state index contributed by atoms with van der Waals surface area (Å²) in [5.74, 6) is -0.809. The number of aliphatic hydroxyl groups excluding tert-OH is 8. The minimum absolute atomic E-state index is 0.110. The van der Waals surface area contributed by atoms with Gasteiger partial charge in [0.2, 0.25) is 5.91 Å². The van der Waals surface area contributed by atoms with Crippen molar-refractivity contribution in [1.29, 1.82) is 0 Å². The smallest absolute Gasteiger partial charge is 0.394 e. The van der Waals surface area contributed by atoms with Crippen LogP contribution in [0.3, 0.4) is 0 Å². The Morgan fingerprint density at radius 2 is 1.52 bits per heavy atom. The van der Waals surface area contributed by atoms with Crippen molar-refractivity contribution >= 4 is 22.6 Å². The van der Waals surface area contributed by atoms with E-state index in [-0.39, 0.29) is 6.29 Å². The van der Waals surface area contributed by atoms with Crippen molar-refractivity contribution in [3.8, 4) is 0 Å². The first-order valence-corrected chi connectivity index (χ1v) is 13.2. The highest BCUT2D eigenvalue weighted by Crippen LogP contribution is 2.30. The zero-order valence-corrected chi connectivity index (χ0v) is 22.0. The molecule has 2 rings (SSSR count). The summed E-state index contributed by atoms with van der Waals surface area (Å²) in [7, 11) is -5.29. The van der Waals surface area contributed by atoms with Gasteiger partial charge in [-0.2, -0.15) is 8.42 Å². The van der Waals surface area contributed by atoms with Crippen molar-refractivity contribution < 1.29 is 86.5 Å². The number of carbonyl (C=O) groups excluding carboxylic acids is 2. The average Bonchev–Trinajstić information content (AvgIpc) is 2.88. The number of aliphatic hydroxyl groups is 8. The third kappa shape index (κ3) is 8.53. The molecule has 0 aliphatic carbocycles. The first-order valence-electron chi connectivity index (χ1n) is 11.9. The van der Waals surface area contributed by atoms with E-state index >= 15 is 0 Å². The second kappa shape index (κ2) is 14.6. The van der Waals surface area contributed by atoms with Gasteiger partial charge in [-0.1, -0.05) is 0 Å². The topological polar surface area (TPSA) is 309 Å². The third-order valence-electron chi connectivity index (χ3n) is 6.21. The Kier molecular flexibility index (Phi) is 12.7. The van der Waals surface area contributed by atoms with Crippen molar-refractivity contribution in [2.45, 2.75) is 99.6 Å². The van der Waals surface area contributed by atoms with E-state index in [0.29, 0.717) is 0 Å². The quantitative estimate of drug-likeness (QED) is 0.0685. The summed E-state index contributed by atoms with van der Waals surface area (Å²) in [5, 5.41) is 83.2. The van der Waals surface area contributed by atoms with Gasteiger partial charge in [0.05, 0.1) is 19.3 Å². The van der Waals surface area contributed by atoms with Crippen LogP contribution in [0.1, 0.15) is 13.8 Å². The van der Waals surface area contributed by atoms with Gasteiger partial charge in [-0.15, -0.1) is 0 Å². The standard InChI is InChI=1S/C20H35NO18S/c1-6-11(27)13(29)14(30)19(35-6)37-16(8(3-22)21-7(2)25)17(9(26)4-23)38-20-15(31)18(39-40(32,33)34)12(28)10(5-24)36-20/h3,6,8-20,23-24,26-31H,4-5H2,1-2H3,(H,21,25)(H,32,33,34)/t6-,8-,9+,10+,11+,12-,13+,14-,15+,16+,17+,18-,19-,20-/m0/s1. The lowest BCUT2D eigenvalue weighted by molar-refractivity contribution is -0.344. The van der Waals surface area contributed by atoms with E-state index < -0.39 is 115 Å². The molecule has 0 aromatic heterocycles. The molecule has 20 heteroatoms. The molecule has 10 N–H and O–H groups in total. The molecule has 2 fully saturated rings. The van der Waals surface area contributed by atoms with Crippen LogP contribution in [-0.2, 0) is 43.1 Å². The number of nitrogens with one attached hydrogen (secondary N) is 1. The summed E-state index contributed by atoms with van der Waals surface area (Å²) < 4.78 is 57.5. The number of hydrogen-bond acceptors (Lipinski definition) is 17. The summed E-state index contributed by atoms with van der Waals surface area (Å²) in [6.07, 6.45) is -24.6. The van der Waals surface area contributed by atoms with Crippen LogP contribution in [0.25, 0.3) is 0 Å². The van der Waals surface area contributed by atoms with Crippen molar-refractivity contribution in [3.05, 3.63) is 0 Å². The SMILES string of the molecule is CC(=O)N[C@@H](C=O)[C@@H](O[C@@H]1O[C@@H](C)[C@@H](O)[C@@H](O)[C@@H]1O)[C@H](O[C@@H]1O[C@H](CO)[C@H](O)[C@H](OS(=O)(=O)O)[C@H]1O)[C@H](O)CO. The minimum atomic E-state index is -5.29. The molecule has 40 heavy (non-hydrogen) atoms. The summed E-state index contributed by atoms with van der Waals surface area (Å²) in [4.78, 5) is 23.7. The molecule has 0 aromatic rings. The summed E-state index contributed by atoms with van der Waals surface area (Å²) in [6, 6.07) is -1.75. The second-order valence-electron chi connectivity index (χ2n) is 9.19. The molecule has 0 radical (unpaired) electrons. The van der Waals surface area contributed by atoms with Crippen molar-refractivity contribution in [2.75, 3.05) is 13.2 Å². The molecule has 0 aromatic carbocycles. The number of ether oxygens (including phenoxy) is 4. The molecule has 234 valence electrons. The summed E-state index contributed by atoms with van der Waals surface area (Å²) >= 11 is 0. The molecule has 2 aliphatic rings. The van der Waals surface area contributed by atoms with Crippen LogP contribution < -0.4 is 5.32 Å². The van der Waals surface area contributed by atoms with E-state index in [0.717, 1.165) is 6.92 Å². The Balaban J connectivity index is 2.49. The minimum Gasteiger partial charge on any atom is -0.394 e. The number of hydrogen-bond donors (Lipinski definition) is 10. The van der Waals surface area contributed by atoms with Crippen LogP contribution in [0, 0.1) is 0 Å². The molecule has 0 bridgehead atoms. The van der Waals surface area contributed by atoms with Crippen molar-refractivity contribution in [2.24, 2.45) is 0 Å². The number of rotatable bonds is 13. The van der Waals surface area contributed by atoms with Gasteiger partial charge in [0, 0.05) is 6.92 Å². The molecule has 19 nitrogen and oxygen atoms in total. The van der Waals surface area contributed by atoms with Crippen molar-refractivity contribution in [1.82, 2.24) is 5.32 Å². The maximum Gasteiger partial charge on any atom is 0.397 e. The Bertz CT molecular complexity index is 938. The normalized spacial score (nSPS) is 38.2. The van der Waals surface area contributed by atoms with E-state index in [4.69, 9.17) is 23.5 Å². The Hall–Kier alpha value is -1.47. The van der Waals surface area contributed by atoms with Gasteiger partial charge in [-0.3, -0.25) is 9.35 Å². The fourth-order valence-electron chi connectivity index (χ4n) is 4.14. The fourth-order valence-corrected chi connectivity index (χ4v) is 4.65. The molecule has 2 aliphatic heterocycles. The van der Waals surface area contributed by atoms with Crippen LogP contribution in [0.4, 0.5) is 0 Å². The van der Waals surface area contributed by atoms with Crippen molar-refractivity contribution in [3.63, 3.8) is 0 Å². The van der Waals surface area contributed by atoms with E-state index in [1.807, 2.05) is 0 Å². The summed E-state index contributed by atoms with van der Waals surface area (Å²) in [5.41, 5.74) is 0. The van der Waals surface area contributed by atoms with Gasteiger partial charge in [0.15, 0.2) is 12.6 Å². The molecule has 0 spiro atoms. The predicted molar refractivity (Wildman–Crippen MR) is 123 cm³/mol. The fraction of sp³-hybridized carbons (Fsp3) is 0.900. The van der Waals surface area contributed by atoms with Gasteiger partial charge in [-0.05, 0) is 6.92 Å².